The van der Waals surface area contributed by atoms with Crippen LogP contribution in [0.2, 0.25) is 0 Å². The second-order valence-corrected chi connectivity index (χ2v) is 7.26. The van der Waals surface area contributed by atoms with Crippen LogP contribution in [0.4, 0.5) is 5.69 Å². The Labute approximate surface area is 148 Å². The largest absolute Gasteiger partial charge is 0.489 e. The van der Waals surface area contributed by atoms with E-state index < -0.39 is 11.4 Å². The van der Waals surface area contributed by atoms with Crippen molar-refractivity contribution < 1.29 is 24.2 Å². The standard InChI is InChI=1S/C19H27NO5/c1-19(2,12-18(22)23)11-17(21)20-15-8-3-4-9-16(15)25-13-14-7-5-6-10-24-14/h3-4,8-9,14H,5-7,10-13H2,1-2H3,(H,20,21)(H,22,23)/t14-/m1/s1. The van der Waals surface area contributed by atoms with Crippen LogP contribution in [-0.2, 0) is 14.3 Å². The Hall–Kier alpha value is -2.08. The lowest BCUT2D eigenvalue weighted by atomic mass is 9.85. The van der Waals surface area contributed by atoms with Crippen LogP contribution in [-0.4, -0.2) is 36.3 Å². The minimum atomic E-state index is -0.908. The fraction of sp³-hybridized carbons (Fsp3) is 0.579. The first-order valence-electron chi connectivity index (χ1n) is 8.71. The molecule has 0 saturated carbocycles. The van der Waals surface area contributed by atoms with Gasteiger partial charge in [0, 0.05) is 13.0 Å². The average molecular weight is 349 g/mol. The summed E-state index contributed by atoms with van der Waals surface area (Å²) in [6.07, 6.45) is 3.38. The number of carbonyl (C=O) groups excluding carboxylic acids is 1. The van der Waals surface area contributed by atoms with Gasteiger partial charge in [-0.25, -0.2) is 0 Å². The molecule has 1 fully saturated rings. The number of nitrogens with one attached hydrogen (secondary N) is 1. The summed E-state index contributed by atoms with van der Waals surface area (Å²) in [6.45, 7) is 4.76. The summed E-state index contributed by atoms with van der Waals surface area (Å²) in [4.78, 5) is 23.2. The van der Waals surface area contributed by atoms with Crippen LogP contribution in [0.3, 0.4) is 0 Å². The molecular formula is C19H27NO5. The Morgan fingerprint density at radius 3 is 2.72 bits per heavy atom. The van der Waals surface area contributed by atoms with Gasteiger partial charge in [-0.2, -0.15) is 0 Å². The zero-order chi connectivity index (χ0) is 18.3. The number of hydrogen-bond acceptors (Lipinski definition) is 4. The number of carboxylic acids is 1. The van der Waals surface area contributed by atoms with Crippen LogP contribution in [0, 0.1) is 5.41 Å². The lowest BCUT2D eigenvalue weighted by Gasteiger charge is -2.24. The molecule has 0 radical (unpaired) electrons. The van der Waals surface area contributed by atoms with Crippen molar-refractivity contribution in [2.75, 3.05) is 18.5 Å². The Morgan fingerprint density at radius 1 is 1.28 bits per heavy atom. The van der Waals surface area contributed by atoms with Gasteiger partial charge in [-0.3, -0.25) is 9.59 Å². The van der Waals surface area contributed by atoms with Crippen LogP contribution in [0.1, 0.15) is 46.0 Å². The predicted octanol–water partition coefficient (Wildman–Crippen LogP) is 3.46. The Balaban J connectivity index is 1.92. The highest BCUT2D eigenvalue weighted by atomic mass is 16.5. The van der Waals surface area contributed by atoms with E-state index in [0.717, 1.165) is 25.9 Å². The molecular weight excluding hydrogens is 322 g/mol. The molecule has 1 aliphatic rings. The van der Waals surface area contributed by atoms with Gasteiger partial charge in [0.2, 0.25) is 5.91 Å². The number of ether oxygens (including phenoxy) is 2. The number of carboxylic acid groups (broad SMARTS) is 1. The van der Waals surface area contributed by atoms with Gasteiger partial charge in [0.1, 0.15) is 12.4 Å². The normalized spacial score (nSPS) is 17.8. The maximum atomic E-state index is 12.3. The van der Waals surface area contributed by atoms with E-state index >= 15 is 0 Å². The van der Waals surface area contributed by atoms with Crippen LogP contribution in [0.25, 0.3) is 0 Å². The molecule has 0 spiro atoms. The molecule has 6 nitrogen and oxygen atoms in total. The van der Waals surface area contributed by atoms with Gasteiger partial charge >= 0.3 is 5.97 Å². The number of aliphatic carboxylic acids is 1. The molecule has 2 rings (SSSR count). The predicted molar refractivity (Wildman–Crippen MR) is 94.8 cm³/mol. The van der Waals surface area contributed by atoms with E-state index in [1.807, 2.05) is 12.1 Å². The maximum absolute atomic E-state index is 12.3. The molecule has 6 heteroatoms. The fourth-order valence-electron chi connectivity index (χ4n) is 2.92. The summed E-state index contributed by atoms with van der Waals surface area (Å²) in [5, 5.41) is 11.8. The average Bonchev–Trinajstić information content (AvgIpc) is 2.53. The second-order valence-electron chi connectivity index (χ2n) is 7.26. The van der Waals surface area contributed by atoms with Gasteiger partial charge in [-0.05, 0) is 36.8 Å². The first-order chi connectivity index (χ1) is 11.9. The molecule has 1 heterocycles. The molecule has 0 aliphatic carbocycles. The van der Waals surface area contributed by atoms with E-state index in [1.54, 1.807) is 26.0 Å². The van der Waals surface area contributed by atoms with Crippen molar-refractivity contribution in [3.63, 3.8) is 0 Å². The molecule has 1 saturated heterocycles. The smallest absolute Gasteiger partial charge is 0.303 e. The molecule has 138 valence electrons. The van der Waals surface area contributed by atoms with E-state index in [4.69, 9.17) is 14.6 Å². The Kier molecular flexibility index (Phi) is 6.82. The van der Waals surface area contributed by atoms with Gasteiger partial charge < -0.3 is 19.9 Å². The highest BCUT2D eigenvalue weighted by molar-refractivity contribution is 5.92. The number of para-hydroxylation sites is 2. The van der Waals surface area contributed by atoms with Gasteiger partial charge in [-0.1, -0.05) is 26.0 Å². The van der Waals surface area contributed by atoms with Crippen molar-refractivity contribution in [3.05, 3.63) is 24.3 Å². The quantitative estimate of drug-likeness (QED) is 0.751. The van der Waals surface area contributed by atoms with E-state index in [0.29, 0.717) is 18.0 Å². The summed E-state index contributed by atoms with van der Waals surface area (Å²) < 4.78 is 11.5. The zero-order valence-electron chi connectivity index (χ0n) is 14.9. The molecule has 1 aromatic carbocycles. The summed E-state index contributed by atoms with van der Waals surface area (Å²) >= 11 is 0. The molecule has 2 N–H and O–H groups in total. The number of benzene rings is 1. The summed E-state index contributed by atoms with van der Waals surface area (Å²) in [5.41, 5.74) is -0.0174. The molecule has 0 bridgehead atoms. The molecule has 1 atom stereocenters. The fourth-order valence-corrected chi connectivity index (χ4v) is 2.92. The van der Waals surface area contributed by atoms with Crippen molar-refractivity contribution in [2.45, 2.75) is 52.1 Å². The van der Waals surface area contributed by atoms with E-state index in [-0.39, 0.29) is 24.9 Å². The van der Waals surface area contributed by atoms with Crippen molar-refractivity contribution >= 4 is 17.6 Å². The minimum absolute atomic E-state index is 0.0580. The van der Waals surface area contributed by atoms with Gasteiger partial charge in [0.05, 0.1) is 18.2 Å². The number of carbonyl (C=O) groups is 2. The molecule has 0 unspecified atom stereocenters. The lowest BCUT2D eigenvalue weighted by Crippen LogP contribution is -2.27. The first-order valence-corrected chi connectivity index (χ1v) is 8.71. The highest BCUT2D eigenvalue weighted by Crippen LogP contribution is 2.28. The minimum Gasteiger partial charge on any atom is -0.489 e. The Bertz CT molecular complexity index is 593. The first kappa shape index (κ1) is 19.2. The van der Waals surface area contributed by atoms with E-state index in [2.05, 4.69) is 5.32 Å². The number of amides is 1. The lowest BCUT2D eigenvalue weighted by molar-refractivity contribution is -0.139. The molecule has 0 aromatic heterocycles. The van der Waals surface area contributed by atoms with Crippen molar-refractivity contribution in [1.82, 2.24) is 0 Å². The van der Waals surface area contributed by atoms with Crippen molar-refractivity contribution in [1.29, 1.82) is 0 Å². The van der Waals surface area contributed by atoms with Crippen LogP contribution in [0.5, 0.6) is 5.75 Å². The number of anilines is 1. The van der Waals surface area contributed by atoms with Gasteiger partial charge in [0.15, 0.2) is 0 Å². The van der Waals surface area contributed by atoms with Crippen LogP contribution in [0.15, 0.2) is 24.3 Å². The third-order valence-corrected chi connectivity index (χ3v) is 4.13. The molecule has 25 heavy (non-hydrogen) atoms. The van der Waals surface area contributed by atoms with Crippen LogP contribution < -0.4 is 10.1 Å². The highest BCUT2D eigenvalue weighted by Gasteiger charge is 2.25. The van der Waals surface area contributed by atoms with E-state index in [1.165, 1.54) is 0 Å². The molecule has 1 aromatic rings. The summed E-state index contributed by atoms with van der Waals surface area (Å²) in [5.74, 6) is -0.536. The van der Waals surface area contributed by atoms with Crippen molar-refractivity contribution in [2.24, 2.45) is 5.41 Å². The van der Waals surface area contributed by atoms with Gasteiger partial charge in [0.25, 0.3) is 0 Å². The number of rotatable bonds is 8. The maximum Gasteiger partial charge on any atom is 0.303 e. The van der Waals surface area contributed by atoms with Crippen LogP contribution >= 0.6 is 0 Å². The zero-order valence-corrected chi connectivity index (χ0v) is 14.9. The second kappa shape index (κ2) is 8.85. The summed E-state index contributed by atoms with van der Waals surface area (Å²) in [7, 11) is 0. The third-order valence-electron chi connectivity index (χ3n) is 4.13. The topological polar surface area (TPSA) is 84.9 Å². The SMILES string of the molecule is CC(C)(CC(=O)O)CC(=O)Nc1ccccc1OC[C@H]1CCCCO1. The molecule has 1 amide bonds. The number of hydrogen-bond donors (Lipinski definition) is 2. The monoisotopic (exact) mass is 349 g/mol. The Morgan fingerprint density at radius 2 is 2.04 bits per heavy atom. The van der Waals surface area contributed by atoms with Crippen molar-refractivity contribution in [3.8, 4) is 5.75 Å². The van der Waals surface area contributed by atoms with E-state index in [9.17, 15) is 9.59 Å². The molecule has 1 aliphatic heterocycles. The summed E-state index contributed by atoms with van der Waals surface area (Å²) in [6, 6.07) is 7.25. The van der Waals surface area contributed by atoms with Gasteiger partial charge in [-0.15, -0.1) is 0 Å². The third kappa shape index (κ3) is 6.74.